The Labute approximate surface area is 168 Å². The van der Waals surface area contributed by atoms with Crippen LogP contribution in [0.15, 0.2) is 35.4 Å². The molecule has 1 N–H and O–H groups in total. The predicted molar refractivity (Wildman–Crippen MR) is 109 cm³/mol. The van der Waals surface area contributed by atoms with E-state index in [9.17, 15) is 0 Å². The largest absolute Gasteiger partial charge is 0.361 e. The predicted octanol–water partition coefficient (Wildman–Crippen LogP) is 5.37. The summed E-state index contributed by atoms with van der Waals surface area (Å²) in [7, 11) is 0. The Kier molecular flexibility index (Phi) is 4.26. The van der Waals surface area contributed by atoms with E-state index in [1.807, 2.05) is 37.0 Å². The van der Waals surface area contributed by atoms with E-state index in [1.165, 1.54) is 0 Å². The van der Waals surface area contributed by atoms with Crippen molar-refractivity contribution in [2.24, 2.45) is 0 Å². The van der Waals surface area contributed by atoms with Gasteiger partial charge in [0.2, 0.25) is 0 Å². The van der Waals surface area contributed by atoms with Crippen LogP contribution >= 0.6 is 0 Å². The number of halogens is 1. The highest BCUT2D eigenvalue weighted by Crippen LogP contribution is 2.37. The molecule has 150 valence electrons. The van der Waals surface area contributed by atoms with Crippen LogP contribution in [0.4, 0.5) is 4.39 Å². The Bertz CT molecular complexity index is 1130. The molecule has 0 radical (unpaired) electrons. The molecule has 29 heavy (non-hydrogen) atoms. The van der Waals surface area contributed by atoms with E-state index in [0.29, 0.717) is 19.4 Å². The van der Waals surface area contributed by atoms with Gasteiger partial charge >= 0.3 is 0 Å². The topological polar surface area (TPSA) is 72.5 Å². The highest BCUT2D eigenvalue weighted by atomic mass is 19.1. The molecular weight excluding hydrogens is 369 g/mol. The number of hydrogen-bond acceptors (Lipinski definition) is 4. The van der Waals surface area contributed by atoms with Gasteiger partial charge in [-0.25, -0.2) is 4.39 Å². The van der Waals surface area contributed by atoms with E-state index < -0.39 is 5.67 Å². The van der Waals surface area contributed by atoms with Crippen molar-refractivity contribution in [1.29, 1.82) is 0 Å². The minimum atomic E-state index is -1.17. The number of rotatable bonds is 4. The second-order valence-corrected chi connectivity index (χ2v) is 8.16. The molecule has 5 rings (SSSR count). The number of alkyl halides is 1. The van der Waals surface area contributed by atoms with Gasteiger partial charge in [0, 0.05) is 40.8 Å². The highest BCUT2D eigenvalue weighted by molar-refractivity contribution is 5.94. The molecule has 0 unspecified atom stereocenters. The normalized spacial score (nSPS) is 16.5. The first-order valence-corrected chi connectivity index (χ1v) is 10.1. The Morgan fingerprint density at radius 1 is 1.17 bits per heavy atom. The number of fused-ring (bicyclic) bond motifs is 1. The van der Waals surface area contributed by atoms with Gasteiger partial charge in [-0.15, -0.1) is 0 Å². The van der Waals surface area contributed by atoms with Crippen LogP contribution in [0.5, 0.6) is 0 Å². The second-order valence-electron chi connectivity index (χ2n) is 8.16. The number of hydrogen-bond donors (Lipinski definition) is 1. The van der Waals surface area contributed by atoms with Gasteiger partial charge in [-0.3, -0.25) is 10.1 Å². The number of nitrogens with one attached hydrogen (secondary N) is 1. The van der Waals surface area contributed by atoms with Crippen LogP contribution in [0.25, 0.3) is 33.3 Å². The Morgan fingerprint density at radius 3 is 2.69 bits per heavy atom. The number of aromatic nitrogens is 5. The fourth-order valence-electron chi connectivity index (χ4n) is 4.59. The average molecular weight is 393 g/mol. The summed E-state index contributed by atoms with van der Waals surface area (Å²) in [5, 5.41) is 11.0. The van der Waals surface area contributed by atoms with Crippen molar-refractivity contribution in [3.63, 3.8) is 0 Å². The summed E-state index contributed by atoms with van der Waals surface area (Å²) >= 11 is 0. The van der Waals surface area contributed by atoms with Crippen molar-refractivity contribution in [2.45, 2.75) is 58.2 Å². The minimum absolute atomic E-state index is 0.341. The SMILES string of the molecule is Cc1noc(C)c1-c1cnc2c(-c3cn[nH]c3)cn(CC3(F)CCCCC3)c2c1. The van der Waals surface area contributed by atoms with Crippen molar-refractivity contribution in [2.75, 3.05) is 0 Å². The fraction of sp³-hybridized carbons (Fsp3) is 0.409. The molecule has 0 bridgehead atoms. The van der Waals surface area contributed by atoms with Gasteiger partial charge in [-0.2, -0.15) is 5.10 Å². The van der Waals surface area contributed by atoms with Gasteiger partial charge in [0.15, 0.2) is 0 Å². The summed E-state index contributed by atoms with van der Waals surface area (Å²) in [6, 6.07) is 2.07. The lowest BCUT2D eigenvalue weighted by Crippen LogP contribution is -2.31. The van der Waals surface area contributed by atoms with Crippen molar-refractivity contribution in [3.8, 4) is 22.3 Å². The zero-order valence-electron chi connectivity index (χ0n) is 16.7. The van der Waals surface area contributed by atoms with E-state index in [1.54, 1.807) is 6.20 Å². The summed E-state index contributed by atoms with van der Waals surface area (Å²) in [5.74, 6) is 0.756. The molecular formula is C22H24FN5O. The van der Waals surface area contributed by atoms with E-state index in [4.69, 9.17) is 9.51 Å². The van der Waals surface area contributed by atoms with Gasteiger partial charge in [0.1, 0.15) is 11.4 Å². The van der Waals surface area contributed by atoms with Crippen molar-refractivity contribution in [3.05, 3.63) is 42.3 Å². The summed E-state index contributed by atoms with van der Waals surface area (Å²) < 4.78 is 22.9. The lowest BCUT2D eigenvalue weighted by atomic mass is 9.86. The third kappa shape index (κ3) is 3.14. The number of nitrogens with zero attached hydrogens (tertiary/aromatic N) is 4. The second kappa shape index (κ2) is 6.83. The van der Waals surface area contributed by atoms with Gasteiger partial charge < -0.3 is 9.09 Å². The molecule has 0 amide bonds. The molecule has 1 saturated carbocycles. The summed E-state index contributed by atoms with van der Waals surface area (Å²) in [4.78, 5) is 4.76. The first-order valence-electron chi connectivity index (χ1n) is 10.1. The van der Waals surface area contributed by atoms with Gasteiger partial charge in [0.25, 0.3) is 0 Å². The molecule has 1 fully saturated rings. The zero-order chi connectivity index (χ0) is 20.0. The quantitative estimate of drug-likeness (QED) is 0.506. The molecule has 6 nitrogen and oxygen atoms in total. The summed E-state index contributed by atoms with van der Waals surface area (Å²) in [6.07, 6.45) is 11.7. The molecule has 0 aliphatic heterocycles. The van der Waals surface area contributed by atoms with Crippen LogP contribution in [-0.4, -0.2) is 30.6 Å². The molecule has 1 aliphatic rings. The molecule has 4 aromatic rings. The minimum Gasteiger partial charge on any atom is -0.361 e. The fourth-order valence-corrected chi connectivity index (χ4v) is 4.59. The lowest BCUT2D eigenvalue weighted by Gasteiger charge is -2.30. The summed E-state index contributed by atoms with van der Waals surface area (Å²) in [5.41, 5.74) is 5.21. The van der Waals surface area contributed by atoms with Crippen LogP contribution in [-0.2, 0) is 6.54 Å². The monoisotopic (exact) mass is 393 g/mol. The van der Waals surface area contributed by atoms with Gasteiger partial charge in [-0.1, -0.05) is 24.4 Å². The molecule has 7 heteroatoms. The number of H-pyrrole nitrogens is 1. The third-order valence-corrected chi connectivity index (χ3v) is 6.05. The van der Waals surface area contributed by atoms with Crippen LogP contribution in [0.1, 0.15) is 43.6 Å². The van der Waals surface area contributed by atoms with Crippen molar-refractivity contribution >= 4 is 11.0 Å². The number of aryl methyl sites for hydroxylation is 2. The number of pyridine rings is 1. The zero-order valence-corrected chi connectivity index (χ0v) is 16.7. The van der Waals surface area contributed by atoms with Gasteiger partial charge in [0.05, 0.1) is 29.5 Å². The highest BCUT2D eigenvalue weighted by Gasteiger charge is 2.33. The van der Waals surface area contributed by atoms with E-state index in [-0.39, 0.29) is 0 Å². The first kappa shape index (κ1) is 18.1. The Hall–Kier alpha value is -2.96. The maximum Gasteiger partial charge on any atom is 0.141 e. The van der Waals surface area contributed by atoms with Gasteiger partial charge in [-0.05, 0) is 32.8 Å². The van der Waals surface area contributed by atoms with Crippen LogP contribution in [0.3, 0.4) is 0 Å². The van der Waals surface area contributed by atoms with E-state index >= 15 is 4.39 Å². The van der Waals surface area contributed by atoms with E-state index in [0.717, 1.165) is 64.0 Å². The van der Waals surface area contributed by atoms with E-state index in [2.05, 4.69) is 21.4 Å². The first-order chi connectivity index (χ1) is 14.0. The smallest absolute Gasteiger partial charge is 0.141 e. The third-order valence-electron chi connectivity index (χ3n) is 6.05. The lowest BCUT2D eigenvalue weighted by molar-refractivity contribution is 0.0873. The molecule has 0 atom stereocenters. The maximum absolute atomic E-state index is 15.6. The Morgan fingerprint density at radius 2 is 2.00 bits per heavy atom. The summed E-state index contributed by atoms with van der Waals surface area (Å²) in [6.45, 7) is 4.16. The standard InChI is InChI=1S/C22H24FN5O/c1-14-20(15(2)29-27-14)16-8-19-21(24-9-16)18(17-10-25-26-11-17)12-28(19)13-22(23)6-4-3-5-7-22/h8-12H,3-7,13H2,1-2H3,(H,25,26). The Balaban J connectivity index is 1.66. The van der Waals surface area contributed by atoms with Crippen LogP contribution in [0, 0.1) is 13.8 Å². The molecule has 1 aliphatic carbocycles. The molecule has 4 aromatic heterocycles. The number of aromatic amines is 1. The van der Waals surface area contributed by atoms with Crippen molar-refractivity contribution < 1.29 is 8.91 Å². The average Bonchev–Trinajstić information content (AvgIpc) is 3.42. The van der Waals surface area contributed by atoms with Crippen LogP contribution < -0.4 is 0 Å². The van der Waals surface area contributed by atoms with Crippen LogP contribution in [0.2, 0.25) is 0 Å². The molecule has 0 spiro atoms. The molecule has 0 aromatic carbocycles. The maximum atomic E-state index is 15.6. The molecule has 4 heterocycles. The van der Waals surface area contributed by atoms with Crippen molar-refractivity contribution in [1.82, 2.24) is 24.9 Å². The molecule has 0 saturated heterocycles.